The lowest BCUT2D eigenvalue weighted by Gasteiger charge is -2.21. The monoisotopic (exact) mass is 196 g/mol. The molecule has 2 rings (SSSR count). The Balaban J connectivity index is 1.69. The van der Waals surface area contributed by atoms with E-state index < -0.39 is 0 Å². The molecule has 0 aromatic rings. The maximum absolute atomic E-state index is 11.2. The Kier molecular flexibility index (Phi) is 2.94. The van der Waals surface area contributed by atoms with Crippen molar-refractivity contribution in [2.45, 2.75) is 32.6 Å². The van der Waals surface area contributed by atoms with Crippen LogP contribution in [-0.2, 0) is 0 Å². The summed E-state index contributed by atoms with van der Waals surface area (Å²) in [5.41, 5.74) is 0. The van der Waals surface area contributed by atoms with Crippen molar-refractivity contribution in [3.63, 3.8) is 0 Å². The Morgan fingerprint density at radius 2 is 2.14 bits per heavy atom. The number of hydrogen-bond acceptors (Lipinski definition) is 1. The average molecular weight is 196 g/mol. The molecule has 3 heteroatoms. The number of hydrogen-bond donors (Lipinski definition) is 2. The Hall–Kier alpha value is -0.730. The highest BCUT2D eigenvalue weighted by Gasteiger charge is 2.39. The van der Waals surface area contributed by atoms with Crippen LogP contribution in [0.25, 0.3) is 0 Å². The highest BCUT2D eigenvalue weighted by molar-refractivity contribution is 5.73. The second-order valence-electron chi connectivity index (χ2n) is 4.68. The molecule has 0 unspecified atom stereocenters. The maximum atomic E-state index is 11.2. The highest BCUT2D eigenvalue weighted by Crippen LogP contribution is 2.47. The van der Waals surface area contributed by atoms with Crippen LogP contribution in [0.1, 0.15) is 32.6 Å². The highest BCUT2D eigenvalue weighted by atomic mass is 16.2. The lowest BCUT2D eigenvalue weighted by atomic mass is 9.89. The lowest BCUT2D eigenvalue weighted by molar-refractivity contribution is 0.235. The van der Waals surface area contributed by atoms with E-state index in [-0.39, 0.29) is 6.03 Å². The molecule has 14 heavy (non-hydrogen) atoms. The Labute approximate surface area is 85.6 Å². The largest absolute Gasteiger partial charge is 0.338 e. The summed E-state index contributed by atoms with van der Waals surface area (Å²) >= 11 is 0. The van der Waals surface area contributed by atoms with Gasteiger partial charge in [-0.2, -0.15) is 0 Å². The third kappa shape index (κ3) is 2.02. The molecule has 2 N–H and O–H groups in total. The maximum Gasteiger partial charge on any atom is 0.314 e. The molecule has 2 bridgehead atoms. The van der Waals surface area contributed by atoms with Crippen molar-refractivity contribution in [1.82, 2.24) is 10.6 Å². The van der Waals surface area contributed by atoms with Crippen molar-refractivity contribution >= 4 is 6.03 Å². The molecule has 2 fully saturated rings. The van der Waals surface area contributed by atoms with Gasteiger partial charge in [0.25, 0.3) is 0 Å². The molecule has 2 aliphatic carbocycles. The van der Waals surface area contributed by atoms with Crippen molar-refractivity contribution in [2.24, 2.45) is 17.8 Å². The van der Waals surface area contributed by atoms with Crippen molar-refractivity contribution in [3.05, 3.63) is 0 Å². The fourth-order valence-electron chi connectivity index (χ4n) is 3.07. The van der Waals surface area contributed by atoms with Crippen molar-refractivity contribution < 1.29 is 4.79 Å². The van der Waals surface area contributed by atoms with Gasteiger partial charge in [0.05, 0.1) is 0 Å². The molecule has 3 atom stereocenters. The minimum atomic E-state index is -0.00438. The van der Waals surface area contributed by atoms with Gasteiger partial charge in [-0.15, -0.1) is 0 Å². The van der Waals surface area contributed by atoms with E-state index in [1.54, 1.807) is 0 Å². The fraction of sp³-hybridized carbons (Fsp3) is 0.909. The molecule has 0 spiro atoms. The summed E-state index contributed by atoms with van der Waals surface area (Å²) in [5, 5.41) is 5.72. The number of nitrogens with one attached hydrogen (secondary N) is 2. The molecular weight excluding hydrogens is 176 g/mol. The normalized spacial score (nSPS) is 34.5. The molecule has 0 saturated heterocycles. The first-order valence-corrected chi connectivity index (χ1v) is 5.81. The van der Waals surface area contributed by atoms with Gasteiger partial charge in [-0.25, -0.2) is 4.79 Å². The zero-order valence-corrected chi connectivity index (χ0v) is 8.88. The first kappa shape index (κ1) is 9.81. The Bertz CT molecular complexity index is 217. The van der Waals surface area contributed by atoms with E-state index in [1.165, 1.54) is 25.7 Å². The number of fused-ring (bicyclic) bond motifs is 2. The number of rotatable bonds is 3. The van der Waals surface area contributed by atoms with Gasteiger partial charge in [-0.05, 0) is 43.9 Å². The van der Waals surface area contributed by atoms with Crippen molar-refractivity contribution in [3.8, 4) is 0 Å². The van der Waals surface area contributed by atoms with Crippen LogP contribution in [0.4, 0.5) is 4.79 Å². The quantitative estimate of drug-likeness (QED) is 0.709. The van der Waals surface area contributed by atoms with Crippen LogP contribution < -0.4 is 10.6 Å². The standard InChI is InChI=1S/C11H20N2O/c1-2-12-11(14)13-7-10-6-8-3-4-9(10)5-8/h8-10H,2-7H2,1H3,(H2,12,13,14)/t8-,9+,10+/m0/s1. The smallest absolute Gasteiger partial charge is 0.314 e. The van der Waals surface area contributed by atoms with Gasteiger partial charge in [-0.3, -0.25) is 0 Å². The van der Waals surface area contributed by atoms with Crippen LogP contribution in [0.5, 0.6) is 0 Å². The third-order valence-electron chi connectivity index (χ3n) is 3.75. The number of carbonyl (C=O) groups excluding carboxylic acids is 1. The van der Waals surface area contributed by atoms with E-state index in [1.807, 2.05) is 6.92 Å². The predicted octanol–water partition coefficient (Wildman–Crippen LogP) is 1.74. The first-order chi connectivity index (χ1) is 6.79. The van der Waals surface area contributed by atoms with E-state index in [0.717, 1.165) is 24.3 Å². The van der Waals surface area contributed by atoms with Crippen molar-refractivity contribution in [1.29, 1.82) is 0 Å². The zero-order valence-electron chi connectivity index (χ0n) is 8.88. The van der Waals surface area contributed by atoms with Crippen LogP contribution in [0.3, 0.4) is 0 Å². The summed E-state index contributed by atoms with van der Waals surface area (Å²) in [7, 11) is 0. The van der Waals surface area contributed by atoms with Crippen LogP contribution in [0.2, 0.25) is 0 Å². The molecule has 0 radical (unpaired) electrons. The second-order valence-corrected chi connectivity index (χ2v) is 4.68. The van der Waals surface area contributed by atoms with Gasteiger partial charge < -0.3 is 10.6 Å². The van der Waals surface area contributed by atoms with Crippen LogP contribution in [-0.4, -0.2) is 19.1 Å². The summed E-state index contributed by atoms with van der Waals surface area (Å²) in [4.78, 5) is 11.2. The zero-order chi connectivity index (χ0) is 9.97. The van der Waals surface area contributed by atoms with Crippen LogP contribution in [0, 0.1) is 17.8 Å². The van der Waals surface area contributed by atoms with E-state index >= 15 is 0 Å². The van der Waals surface area contributed by atoms with Gasteiger partial charge >= 0.3 is 6.03 Å². The molecular formula is C11H20N2O. The van der Waals surface area contributed by atoms with Crippen LogP contribution in [0.15, 0.2) is 0 Å². The second kappa shape index (κ2) is 4.20. The SMILES string of the molecule is CCNC(=O)NC[C@H]1C[C@H]2CC[C@@H]1C2. The topological polar surface area (TPSA) is 41.1 Å². The summed E-state index contributed by atoms with van der Waals surface area (Å²) in [5.74, 6) is 2.64. The van der Waals surface area contributed by atoms with Gasteiger partial charge in [0, 0.05) is 13.1 Å². The Morgan fingerprint density at radius 3 is 2.71 bits per heavy atom. The molecule has 2 aliphatic rings. The molecule has 0 aliphatic heterocycles. The first-order valence-electron chi connectivity index (χ1n) is 5.81. The summed E-state index contributed by atoms with van der Waals surface area (Å²) < 4.78 is 0. The number of urea groups is 1. The van der Waals surface area contributed by atoms with Crippen molar-refractivity contribution in [2.75, 3.05) is 13.1 Å². The third-order valence-corrected chi connectivity index (χ3v) is 3.75. The van der Waals surface area contributed by atoms with Gasteiger partial charge in [-0.1, -0.05) is 6.42 Å². The van der Waals surface area contributed by atoms with Gasteiger partial charge in [0.15, 0.2) is 0 Å². The summed E-state index contributed by atoms with van der Waals surface area (Å²) in [6.45, 7) is 3.53. The predicted molar refractivity (Wildman–Crippen MR) is 56.0 cm³/mol. The van der Waals surface area contributed by atoms with E-state index in [0.29, 0.717) is 6.54 Å². The number of amides is 2. The van der Waals surface area contributed by atoms with Gasteiger partial charge in [0.1, 0.15) is 0 Å². The van der Waals surface area contributed by atoms with Gasteiger partial charge in [0.2, 0.25) is 0 Å². The molecule has 80 valence electrons. The molecule has 0 aromatic carbocycles. The van der Waals surface area contributed by atoms with E-state index in [2.05, 4.69) is 10.6 Å². The fourth-order valence-corrected chi connectivity index (χ4v) is 3.07. The molecule has 3 nitrogen and oxygen atoms in total. The Morgan fingerprint density at radius 1 is 1.29 bits per heavy atom. The minimum absolute atomic E-state index is 0.00438. The molecule has 2 saturated carbocycles. The summed E-state index contributed by atoms with van der Waals surface area (Å²) in [6.07, 6.45) is 5.59. The molecule has 0 aromatic heterocycles. The molecule has 2 amide bonds. The number of carbonyl (C=O) groups is 1. The van der Waals surface area contributed by atoms with Crippen LogP contribution >= 0.6 is 0 Å². The molecule has 0 heterocycles. The summed E-state index contributed by atoms with van der Waals surface area (Å²) in [6, 6.07) is -0.00438. The lowest BCUT2D eigenvalue weighted by Crippen LogP contribution is -2.39. The average Bonchev–Trinajstić information content (AvgIpc) is 2.76. The van der Waals surface area contributed by atoms with E-state index in [9.17, 15) is 4.79 Å². The van der Waals surface area contributed by atoms with E-state index in [4.69, 9.17) is 0 Å². The minimum Gasteiger partial charge on any atom is -0.338 e.